The highest BCUT2D eigenvalue weighted by Gasteiger charge is 2.51. The van der Waals surface area contributed by atoms with Crippen molar-refractivity contribution >= 4 is 11.7 Å². The Morgan fingerprint density at radius 2 is 1.75 bits per heavy atom. The number of nitrogens with one attached hydrogen (secondary N) is 1. The van der Waals surface area contributed by atoms with Gasteiger partial charge in [-0.3, -0.25) is 4.79 Å². The van der Waals surface area contributed by atoms with Gasteiger partial charge in [0, 0.05) is 16.9 Å². The summed E-state index contributed by atoms with van der Waals surface area (Å²) in [6.45, 7) is 3.88. The van der Waals surface area contributed by atoms with E-state index in [4.69, 9.17) is 0 Å². The molecule has 4 aliphatic rings. The van der Waals surface area contributed by atoms with Crippen LogP contribution in [0.4, 0.5) is 0 Å². The second-order valence-electron chi connectivity index (χ2n) is 8.34. The maximum Gasteiger partial charge on any atom is 0.291 e. The van der Waals surface area contributed by atoms with Crippen LogP contribution in [-0.2, 0) is 0 Å². The van der Waals surface area contributed by atoms with Gasteiger partial charge >= 0.3 is 0 Å². The van der Waals surface area contributed by atoms with Crippen LogP contribution in [0.1, 0.15) is 60.5 Å². The zero-order valence-corrected chi connectivity index (χ0v) is 14.2. The molecule has 0 atom stereocenters. The van der Waals surface area contributed by atoms with Crippen LogP contribution in [0.25, 0.3) is 5.78 Å². The zero-order chi connectivity index (χ0) is 16.5. The number of fused-ring (bicyclic) bond motifs is 1. The number of hydrogen-bond acceptors (Lipinski definition) is 4. The second kappa shape index (κ2) is 4.77. The number of nitrogens with zero attached hydrogens (tertiary/aromatic N) is 4. The Balaban J connectivity index is 1.44. The van der Waals surface area contributed by atoms with Crippen LogP contribution in [0.2, 0.25) is 0 Å². The highest BCUT2D eigenvalue weighted by molar-refractivity contribution is 5.91. The highest BCUT2D eigenvalue weighted by Crippen LogP contribution is 2.55. The van der Waals surface area contributed by atoms with Crippen LogP contribution < -0.4 is 5.32 Å². The molecule has 126 valence electrons. The lowest BCUT2D eigenvalue weighted by molar-refractivity contribution is -0.0168. The normalized spacial score (nSPS) is 34.0. The molecule has 6 nitrogen and oxygen atoms in total. The first kappa shape index (κ1) is 14.4. The van der Waals surface area contributed by atoms with Gasteiger partial charge in [-0.05, 0) is 76.2 Å². The van der Waals surface area contributed by atoms with E-state index in [-0.39, 0.29) is 17.3 Å². The van der Waals surface area contributed by atoms with Gasteiger partial charge in [-0.15, -0.1) is 5.10 Å². The van der Waals surface area contributed by atoms with Crippen molar-refractivity contribution < 1.29 is 4.79 Å². The largest absolute Gasteiger partial charge is 0.344 e. The standard InChI is InChI=1S/C18H23N5O/c1-10-3-11(2)23-17(19-10)20-15(22-23)16(24)21-18-7-12-4-13(8-18)6-14(5-12)9-18/h3,12-14H,4-9H2,1-2H3,(H,21,24). The Labute approximate surface area is 141 Å². The van der Waals surface area contributed by atoms with Crippen molar-refractivity contribution in [1.82, 2.24) is 24.9 Å². The Bertz CT molecular complexity index is 804. The fraction of sp³-hybridized carbons (Fsp3) is 0.667. The summed E-state index contributed by atoms with van der Waals surface area (Å²) >= 11 is 0. The Morgan fingerprint density at radius 3 is 2.38 bits per heavy atom. The van der Waals surface area contributed by atoms with Gasteiger partial charge in [0.05, 0.1) is 0 Å². The van der Waals surface area contributed by atoms with Crippen LogP contribution in [0.5, 0.6) is 0 Å². The fourth-order valence-corrected chi connectivity index (χ4v) is 5.82. The van der Waals surface area contributed by atoms with E-state index in [1.165, 1.54) is 19.3 Å². The van der Waals surface area contributed by atoms with E-state index in [1.54, 1.807) is 4.52 Å². The maximum absolute atomic E-state index is 12.8. The molecule has 1 amide bonds. The topological polar surface area (TPSA) is 72.2 Å². The third-order valence-electron chi connectivity index (χ3n) is 6.24. The summed E-state index contributed by atoms with van der Waals surface area (Å²) < 4.78 is 1.65. The van der Waals surface area contributed by atoms with E-state index >= 15 is 0 Å². The zero-order valence-electron chi connectivity index (χ0n) is 14.2. The molecule has 0 spiro atoms. The van der Waals surface area contributed by atoms with Crippen LogP contribution in [0.3, 0.4) is 0 Å². The molecule has 4 aliphatic carbocycles. The molecule has 24 heavy (non-hydrogen) atoms. The van der Waals surface area contributed by atoms with Crippen molar-refractivity contribution in [3.05, 3.63) is 23.3 Å². The molecular weight excluding hydrogens is 302 g/mol. The summed E-state index contributed by atoms with van der Waals surface area (Å²) in [6.07, 6.45) is 7.50. The van der Waals surface area contributed by atoms with Crippen LogP contribution in [-0.4, -0.2) is 31.0 Å². The average Bonchev–Trinajstić information content (AvgIpc) is 2.89. The summed E-state index contributed by atoms with van der Waals surface area (Å²) in [5, 5.41) is 7.71. The monoisotopic (exact) mass is 325 g/mol. The van der Waals surface area contributed by atoms with Crippen molar-refractivity contribution in [3.63, 3.8) is 0 Å². The molecule has 4 fully saturated rings. The first-order chi connectivity index (χ1) is 11.5. The van der Waals surface area contributed by atoms with E-state index in [2.05, 4.69) is 20.4 Å². The molecule has 6 heteroatoms. The van der Waals surface area contributed by atoms with Gasteiger partial charge in [0.15, 0.2) is 0 Å². The lowest BCUT2D eigenvalue weighted by Gasteiger charge is -2.56. The van der Waals surface area contributed by atoms with Gasteiger partial charge < -0.3 is 5.32 Å². The molecule has 2 heterocycles. The summed E-state index contributed by atoms with van der Waals surface area (Å²) in [7, 11) is 0. The molecular formula is C18H23N5O. The first-order valence-electron chi connectivity index (χ1n) is 9.03. The molecule has 4 saturated carbocycles. The van der Waals surface area contributed by atoms with E-state index in [1.807, 2.05) is 19.9 Å². The predicted octanol–water partition coefficient (Wildman–Crippen LogP) is 2.44. The molecule has 0 aliphatic heterocycles. The van der Waals surface area contributed by atoms with Gasteiger partial charge in [0.1, 0.15) is 0 Å². The predicted molar refractivity (Wildman–Crippen MR) is 88.6 cm³/mol. The number of carbonyl (C=O) groups is 1. The van der Waals surface area contributed by atoms with E-state index < -0.39 is 0 Å². The third-order valence-corrected chi connectivity index (χ3v) is 6.24. The number of carbonyl (C=O) groups excluding carboxylic acids is 1. The molecule has 6 rings (SSSR count). The second-order valence-corrected chi connectivity index (χ2v) is 8.34. The van der Waals surface area contributed by atoms with Gasteiger partial charge in [-0.2, -0.15) is 4.98 Å². The Morgan fingerprint density at radius 1 is 1.12 bits per heavy atom. The Hall–Kier alpha value is -1.98. The molecule has 0 aromatic carbocycles. The van der Waals surface area contributed by atoms with Crippen molar-refractivity contribution in [3.8, 4) is 0 Å². The van der Waals surface area contributed by atoms with Crippen molar-refractivity contribution in [2.75, 3.05) is 0 Å². The van der Waals surface area contributed by atoms with Gasteiger partial charge in [0.2, 0.25) is 5.82 Å². The van der Waals surface area contributed by atoms with Crippen LogP contribution in [0.15, 0.2) is 6.07 Å². The number of aromatic nitrogens is 4. The minimum absolute atomic E-state index is 0.0122. The van der Waals surface area contributed by atoms with Gasteiger partial charge in [0.25, 0.3) is 11.7 Å². The first-order valence-corrected chi connectivity index (χ1v) is 9.03. The van der Waals surface area contributed by atoms with Crippen LogP contribution >= 0.6 is 0 Å². The van der Waals surface area contributed by atoms with Crippen LogP contribution in [0, 0.1) is 31.6 Å². The molecule has 2 aromatic heterocycles. The smallest absolute Gasteiger partial charge is 0.291 e. The van der Waals surface area contributed by atoms with Crippen molar-refractivity contribution in [1.29, 1.82) is 0 Å². The number of amides is 1. The lowest BCUT2D eigenvalue weighted by atomic mass is 9.53. The molecule has 0 radical (unpaired) electrons. The summed E-state index contributed by atoms with van der Waals surface area (Å²) in [6, 6.07) is 1.95. The Kier molecular flexibility index (Phi) is 2.86. The number of rotatable bonds is 2. The average molecular weight is 325 g/mol. The maximum atomic E-state index is 12.8. The molecule has 2 aromatic rings. The minimum Gasteiger partial charge on any atom is -0.344 e. The third kappa shape index (κ3) is 2.15. The van der Waals surface area contributed by atoms with E-state index in [0.717, 1.165) is 48.4 Å². The summed E-state index contributed by atoms with van der Waals surface area (Å²) in [5.74, 6) is 3.01. The highest BCUT2D eigenvalue weighted by atomic mass is 16.2. The minimum atomic E-state index is -0.139. The fourth-order valence-electron chi connectivity index (χ4n) is 5.82. The quantitative estimate of drug-likeness (QED) is 0.920. The molecule has 4 bridgehead atoms. The van der Waals surface area contributed by atoms with Gasteiger partial charge in [-0.25, -0.2) is 9.50 Å². The van der Waals surface area contributed by atoms with Crippen molar-refractivity contribution in [2.24, 2.45) is 17.8 Å². The number of hydrogen-bond donors (Lipinski definition) is 1. The molecule has 1 N–H and O–H groups in total. The molecule has 0 saturated heterocycles. The lowest BCUT2D eigenvalue weighted by Crippen LogP contribution is -2.60. The van der Waals surface area contributed by atoms with Crippen molar-refractivity contribution in [2.45, 2.75) is 57.9 Å². The molecule has 0 unspecified atom stereocenters. The van der Waals surface area contributed by atoms with E-state index in [0.29, 0.717) is 5.78 Å². The summed E-state index contributed by atoms with van der Waals surface area (Å²) in [4.78, 5) is 21.6. The summed E-state index contributed by atoms with van der Waals surface area (Å²) in [5.41, 5.74) is 1.82. The number of aryl methyl sites for hydroxylation is 2. The SMILES string of the molecule is Cc1cc(C)n2nc(C(=O)NC34CC5CC(CC(C5)C3)C4)nc2n1. The van der Waals surface area contributed by atoms with Gasteiger partial charge in [-0.1, -0.05) is 0 Å². The van der Waals surface area contributed by atoms with E-state index in [9.17, 15) is 4.79 Å².